The summed E-state index contributed by atoms with van der Waals surface area (Å²) in [5.41, 5.74) is 3.57. The first-order valence-corrected chi connectivity index (χ1v) is 7.47. The molecule has 110 valence electrons. The summed E-state index contributed by atoms with van der Waals surface area (Å²) in [6.07, 6.45) is 3.27. The number of aryl methyl sites for hydroxylation is 1. The number of benzene rings is 2. The highest BCUT2D eigenvalue weighted by Crippen LogP contribution is 2.33. The van der Waals surface area contributed by atoms with Gasteiger partial charge in [0.1, 0.15) is 11.6 Å². The Hall–Kier alpha value is -1.87. The zero-order valence-corrected chi connectivity index (χ0v) is 12.1. The molecule has 2 atom stereocenters. The van der Waals surface area contributed by atoms with Gasteiger partial charge in [-0.2, -0.15) is 0 Å². The number of phenolic OH excluding ortho intramolecular Hbond substituents is 1. The highest BCUT2D eigenvalue weighted by atomic mass is 19.1. The van der Waals surface area contributed by atoms with Gasteiger partial charge in [-0.05, 0) is 67.1 Å². The van der Waals surface area contributed by atoms with Crippen LogP contribution >= 0.6 is 0 Å². The average molecular weight is 285 g/mol. The van der Waals surface area contributed by atoms with Crippen LogP contribution in [0.2, 0.25) is 0 Å². The number of rotatable bonds is 3. The van der Waals surface area contributed by atoms with Gasteiger partial charge in [-0.25, -0.2) is 4.39 Å². The van der Waals surface area contributed by atoms with Crippen molar-refractivity contribution in [3.63, 3.8) is 0 Å². The quantitative estimate of drug-likeness (QED) is 0.883. The van der Waals surface area contributed by atoms with Gasteiger partial charge in [0.2, 0.25) is 0 Å². The molecule has 0 radical (unpaired) electrons. The summed E-state index contributed by atoms with van der Waals surface area (Å²) < 4.78 is 13.0. The van der Waals surface area contributed by atoms with E-state index in [-0.39, 0.29) is 17.9 Å². The van der Waals surface area contributed by atoms with E-state index in [4.69, 9.17) is 0 Å². The molecule has 2 nitrogen and oxygen atoms in total. The number of hydrogen-bond acceptors (Lipinski definition) is 2. The second-order valence-electron chi connectivity index (χ2n) is 5.77. The summed E-state index contributed by atoms with van der Waals surface area (Å²) in [5.74, 6) is 0.107. The number of nitrogens with one attached hydrogen (secondary N) is 1. The van der Waals surface area contributed by atoms with Crippen molar-refractivity contribution >= 4 is 0 Å². The summed E-state index contributed by atoms with van der Waals surface area (Å²) in [7, 11) is 0. The van der Waals surface area contributed by atoms with Crippen LogP contribution in [0.3, 0.4) is 0 Å². The van der Waals surface area contributed by atoms with Gasteiger partial charge in [0, 0.05) is 12.1 Å². The molecule has 1 unspecified atom stereocenters. The van der Waals surface area contributed by atoms with Crippen LogP contribution in [-0.4, -0.2) is 5.11 Å². The maximum atomic E-state index is 13.0. The van der Waals surface area contributed by atoms with E-state index in [9.17, 15) is 9.50 Å². The maximum absolute atomic E-state index is 13.0. The monoisotopic (exact) mass is 285 g/mol. The molecular weight excluding hydrogens is 265 g/mol. The van der Waals surface area contributed by atoms with Gasteiger partial charge in [-0.1, -0.05) is 18.2 Å². The molecule has 2 aromatic carbocycles. The molecular formula is C18H20FNO. The van der Waals surface area contributed by atoms with Gasteiger partial charge >= 0.3 is 0 Å². The Morgan fingerprint density at radius 3 is 2.71 bits per heavy atom. The third kappa shape index (κ3) is 3.08. The predicted octanol–water partition coefficient (Wildman–Crippen LogP) is 4.26. The average Bonchev–Trinajstić information content (AvgIpc) is 2.48. The first-order chi connectivity index (χ1) is 10.1. The fourth-order valence-corrected chi connectivity index (χ4v) is 3.11. The maximum Gasteiger partial charge on any atom is 0.123 e. The Morgan fingerprint density at radius 1 is 1.19 bits per heavy atom. The molecule has 2 N–H and O–H groups in total. The van der Waals surface area contributed by atoms with Crippen LogP contribution in [0.15, 0.2) is 42.5 Å². The van der Waals surface area contributed by atoms with E-state index in [2.05, 4.69) is 12.2 Å². The van der Waals surface area contributed by atoms with Crippen LogP contribution in [0.5, 0.6) is 5.75 Å². The number of aromatic hydroxyl groups is 1. The lowest BCUT2D eigenvalue weighted by Gasteiger charge is -2.29. The lowest BCUT2D eigenvalue weighted by molar-refractivity contribution is 0.410. The van der Waals surface area contributed by atoms with Gasteiger partial charge in [-0.3, -0.25) is 0 Å². The Kier molecular flexibility index (Phi) is 3.93. The summed E-state index contributed by atoms with van der Waals surface area (Å²) in [4.78, 5) is 0. The normalized spacial score (nSPS) is 19.0. The molecule has 0 aliphatic heterocycles. The Labute approximate surface area is 124 Å². The molecule has 0 saturated carbocycles. The van der Waals surface area contributed by atoms with Crippen molar-refractivity contribution in [2.75, 3.05) is 0 Å². The number of fused-ring (bicyclic) bond motifs is 1. The molecule has 21 heavy (non-hydrogen) atoms. The Bertz CT molecular complexity index is 624. The minimum Gasteiger partial charge on any atom is -0.508 e. The molecule has 0 aromatic heterocycles. The summed E-state index contributed by atoms with van der Waals surface area (Å²) in [6, 6.07) is 12.6. The number of phenols is 1. The fourth-order valence-electron chi connectivity index (χ4n) is 3.11. The molecule has 0 saturated heterocycles. The van der Waals surface area contributed by atoms with E-state index >= 15 is 0 Å². The van der Waals surface area contributed by atoms with Crippen molar-refractivity contribution in [2.24, 2.45) is 0 Å². The van der Waals surface area contributed by atoms with Crippen molar-refractivity contribution in [1.29, 1.82) is 0 Å². The van der Waals surface area contributed by atoms with E-state index in [1.165, 1.54) is 23.3 Å². The summed E-state index contributed by atoms with van der Waals surface area (Å²) >= 11 is 0. The van der Waals surface area contributed by atoms with Gasteiger partial charge in [-0.15, -0.1) is 0 Å². The van der Waals surface area contributed by atoms with Crippen molar-refractivity contribution in [3.8, 4) is 5.75 Å². The molecule has 0 spiro atoms. The molecule has 0 bridgehead atoms. The molecule has 1 aliphatic rings. The number of halogens is 1. The standard InChI is InChI=1S/C18H20FNO/c1-12(13-5-8-15(19)9-6-13)20-18-4-2-3-14-7-10-16(21)11-17(14)18/h5-12,18,20-21H,2-4H2,1H3/t12-,18?/m0/s1. The van der Waals surface area contributed by atoms with E-state index in [0.29, 0.717) is 5.75 Å². The van der Waals surface area contributed by atoms with E-state index in [0.717, 1.165) is 24.8 Å². The Balaban J connectivity index is 1.80. The van der Waals surface area contributed by atoms with Crippen molar-refractivity contribution in [3.05, 3.63) is 65.0 Å². The van der Waals surface area contributed by atoms with Crippen LogP contribution in [0, 0.1) is 5.82 Å². The molecule has 3 heteroatoms. The Morgan fingerprint density at radius 2 is 1.95 bits per heavy atom. The van der Waals surface area contributed by atoms with E-state index in [1.54, 1.807) is 6.07 Å². The molecule has 0 amide bonds. The molecule has 1 aliphatic carbocycles. The first-order valence-electron chi connectivity index (χ1n) is 7.47. The lowest BCUT2D eigenvalue weighted by Crippen LogP contribution is -2.27. The van der Waals surface area contributed by atoms with Crippen LogP contribution in [0.25, 0.3) is 0 Å². The van der Waals surface area contributed by atoms with Gasteiger partial charge in [0.15, 0.2) is 0 Å². The second-order valence-corrected chi connectivity index (χ2v) is 5.77. The third-order valence-corrected chi connectivity index (χ3v) is 4.26. The van der Waals surface area contributed by atoms with E-state index < -0.39 is 0 Å². The van der Waals surface area contributed by atoms with Gasteiger partial charge in [0.05, 0.1) is 0 Å². The summed E-state index contributed by atoms with van der Waals surface area (Å²) in [6.45, 7) is 2.09. The molecule has 0 heterocycles. The zero-order chi connectivity index (χ0) is 14.8. The largest absolute Gasteiger partial charge is 0.508 e. The van der Waals surface area contributed by atoms with Gasteiger partial charge in [0.25, 0.3) is 0 Å². The minimum absolute atomic E-state index is 0.142. The SMILES string of the molecule is C[C@H](NC1CCCc2ccc(O)cc21)c1ccc(F)cc1. The van der Waals surface area contributed by atoms with Crippen LogP contribution in [0.4, 0.5) is 4.39 Å². The van der Waals surface area contributed by atoms with E-state index in [1.807, 2.05) is 24.3 Å². The molecule has 2 aromatic rings. The van der Waals surface area contributed by atoms with Crippen LogP contribution in [-0.2, 0) is 6.42 Å². The highest BCUT2D eigenvalue weighted by molar-refractivity contribution is 5.38. The molecule has 3 rings (SSSR count). The fraction of sp³-hybridized carbons (Fsp3) is 0.333. The summed E-state index contributed by atoms with van der Waals surface area (Å²) in [5, 5.41) is 13.3. The van der Waals surface area contributed by atoms with Crippen molar-refractivity contribution in [1.82, 2.24) is 5.32 Å². The van der Waals surface area contributed by atoms with Gasteiger partial charge < -0.3 is 10.4 Å². The third-order valence-electron chi connectivity index (χ3n) is 4.26. The number of hydrogen-bond donors (Lipinski definition) is 2. The van der Waals surface area contributed by atoms with Crippen molar-refractivity contribution < 1.29 is 9.50 Å². The minimum atomic E-state index is -0.209. The lowest BCUT2D eigenvalue weighted by atomic mass is 9.87. The van der Waals surface area contributed by atoms with Crippen LogP contribution in [0.1, 0.15) is 48.5 Å². The van der Waals surface area contributed by atoms with Crippen LogP contribution < -0.4 is 5.32 Å². The molecule has 0 fully saturated rings. The topological polar surface area (TPSA) is 32.3 Å². The first kappa shape index (κ1) is 14.1. The van der Waals surface area contributed by atoms with Crippen molar-refractivity contribution in [2.45, 2.75) is 38.3 Å². The predicted molar refractivity (Wildman–Crippen MR) is 81.7 cm³/mol. The smallest absolute Gasteiger partial charge is 0.123 e. The highest BCUT2D eigenvalue weighted by Gasteiger charge is 2.22. The zero-order valence-electron chi connectivity index (χ0n) is 12.1. The second kappa shape index (κ2) is 5.86.